The highest BCUT2D eigenvalue weighted by Crippen LogP contribution is 2.18. The summed E-state index contributed by atoms with van der Waals surface area (Å²) in [4.78, 5) is 16.8. The van der Waals surface area contributed by atoms with E-state index in [1.54, 1.807) is 36.8 Å². The van der Waals surface area contributed by atoms with Crippen molar-refractivity contribution >= 4 is 23.4 Å². The van der Waals surface area contributed by atoms with Crippen molar-refractivity contribution in [3.8, 4) is 5.69 Å². The molecule has 116 valence electrons. The number of thioether (sulfide) groups is 1. The second-order valence-electron chi connectivity index (χ2n) is 4.64. The molecule has 3 aromatic rings. The number of hydrogen-bond donors (Lipinski definition) is 1. The standard InChI is InChI=1S/C16H13FN4OS/c17-14-3-1-2-4-15(14)21-10-12(9-19-21)20-16(22)11-23-13-5-7-18-8-6-13/h1-10H,11H2,(H,20,22). The van der Waals surface area contributed by atoms with Crippen molar-refractivity contribution in [1.82, 2.24) is 14.8 Å². The zero-order valence-electron chi connectivity index (χ0n) is 12.0. The van der Waals surface area contributed by atoms with Gasteiger partial charge in [-0.15, -0.1) is 11.8 Å². The van der Waals surface area contributed by atoms with Crippen LogP contribution in [-0.2, 0) is 4.79 Å². The van der Waals surface area contributed by atoms with E-state index >= 15 is 0 Å². The van der Waals surface area contributed by atoms with E-state index in [9.17, 15) is 9.18 Å². The van der Waals surface area contributed by atoms with Crippen LogP contribution >= 0.6 is 11.8 Å². The number of rotatable bonds is 5. The summed E-state index contributed by atoms with van der Waals surface area (Å²) in [5, 5.41) is 6.81. The Morgan fingerprint density at radius 2 is 2.00 bits per heavy atom. The molecule has 0 atom stereocenters. The fourth-order valence-corrected chi connectivity index (χ4v) is 2.62. The van der Waals surface area contributed by atoms with E-state index in [0.29, 0.717) is 11.4 Å². The summed E-state index contributed by atoms with van der Waals surface area (Å²) >= 11 is 1.41. The first-order valence-corrected chi connectivity index (χ1v) is 7.83. The molecule has 23 heavy (non-hydrogen) atoms. The van der Waals surface area contributed by atoms with Crippen LogP contribution in [0.3, 0.4) is 0 Å². The van der Waals surface area contributed by atoms with Gasteiger partial charge in [0.15, 0.2) is 0 Å². The molecule has 0 saturated heterocycles. The number of carbonyl (C=O) groups is 1. The Morgan fingerprint density at radius 3 is 2.78 bits per heavy atom. The molecule has 0 aliphatic heterocycles. The van der Waals surface area contributed by atoms with E-state index in [4.69, 9.17) is 0 Å². The molecule has 0 spiro atoms. The van der Waals surface area contributed by atoms with Crippen molar-refractivity contribution in [2.45, 2.75) is 4.90 Å². The number of para-hydroxylation sites is 1. The molecule has 1 amide bonds. The average Bonchev–Trinajstić information content (AvgIpc) is 3.02. The third-order valence-corrected chi connectivity index (χ3v) is 4.00. The lowest BCUT2D eigenvalue weighted by atomic mass is 10.3. The monoisotopic (exact) mass is 328 g/mol. The van der Waals surface area contributed by atoms with E-state index in [1.807, 2.05) is 12.1 Å². The Labute approximate surface area is 136 Å². The van der Waals surface area contributed by atoms with Gasteiger partial charge in [-0.2, -0.15) is 5.10 Å². The Balaban J connectivity index is 1.61. The molecule has 7 heteroatoms. The molecule has 0 radical (unpaired) electrons. The number of pyridine rings is 1. The molecule has 2 aromatic heterocycles. The van der Waals surface area contributed by atoms with E-state index in [0.717, 1.165) is 4.90 Å². The summed E-state index contributed by atoms with van der Waals surface area (Å²) in [6.07, 6.45) is 6.42. The number of halogens is 1. The molecule has 0 fully saturated rings. The Hall–Kier alpha value is -2.67. The molecule has 2 heterocycles. The van der Waals surface area contributed by atoms with Crippen molar-refractivity contribution in [2.75, 3.05) is 11.1 Å². The molecule has 0 aliphatic carbocycles. The molecule has 1 aromatic carbocycles. The van der Waals surface area contributed by atoms with Crippen LogP contribution in [0.15, 0.2) is 66.1 Å². The summed E-state index contributed by atoms with van der Waals surface area (Å²) in [6, 6.07) is 10.0. The lowest BCUT2D eigenvalue weighted by molar-refractivity contribution is -0.113. The molecule has 5 nitrogen and oxygen atoms in total. The average molecular weight is 328 g/mol. The largest absolute Gasteiger partial charge is 0.323 e. The first-order chi connectivity index (χ1) is 11.2. The van der Waals surface area contributed by atoms with E-state index < -0.39 is 0 Å². The highest BCUT2D eigenvalue weighted by Gasteiger charge is 2.08. The van der Waals surface area contributed by atoms with Crippen LogP contribution in [0, 0.1) is 5.82 Å². The van der Waals surface area contributed by atoms with Gasteiger partial charge in [-0.1, -0.05) is 12.1 Å². The smallest absolute Gasteiger partial charge is 0.234 e. The quantitative estimate of drug-likeness (QED) is 0.731. The van der Waals surface area contributed by atoms with Crippen molar-refractivity contribution in [2.24, 2.45) is 0 Å². The van der Waals surface area contributed by atoms with Crippen LogP contribution in [0.5, 0.6) is 0 Å². The van der Waals surface area contributed by atoms with Gasteiger partial charge >= 0.3 is 0 Å². The number of benzene rings is 1. The second-order valence-corrected chi connectivity index (χ2v) is 5.69. The lowest BCUT2D eigenvalue weighted by Gasteiger charge is -2.03. The Kier molecular flexibility index (Phi) is 4.68. The van der Waals surface area contributed by atoms with Gasteiger partial charge in [-0.3, -0.25) is 9.78 Å². The van der Waals surface area contributed by atoms with Gasteiger partial charge in [0.05, 0.1) is 23.8 Å². The van der Waals surface area contributed by atoms with Crippen LogP contribution in [0.4, 0.5) is 10.1 Å². The van der Waals surface area contributed by atoms with Crippen LogP contribution in [0.25, 0.3) is 5.69 Å². The number of hydrogen-bond acceptors (Lipinski definition) is 4. The zero-order valence-corrected chi connectivity index (χ0v) is 12.8. The minimum Gasteiger partial charge on any atom is -0.323 e. The third kappa shape index (κ3) is 3.95. The maximum atomic E-state index is 13.7. The molecule has 0 saturated carbocycles. The van der Waals surface area contributed by atoms with Crippen molar-refractivity contribution in [3.63, 3.8) is 0 Å². The third-order valence-electron chi connectivity index (χ3n) is 2.99. The highest BCUT2D eigenvalue weighted by molar-refractivity contribution is 8.00. The number of nitrogens with one attached hydrogen (secondary N) is 1. The van der Waals surface area contributed by atoms with Gasteiger partial charge in [-0.05, 0) is 24.3 Å². The van der Waals surface area contributed by atoms with Gasteiger partial charge in [0.25, 0.3) is 0 Å². The van der Waals surface area contributed by atoms with Gasteiger partial charge in [0.1, 0.15) is 11.5 Å². The van der Waals surface area contributed by atoms with E-state index in [2.05, 4.69) is 15.4 Å². The minimum absolute atomic E-state index is 0.153. The maximum absolute atomic E-state index is 13.7. The molecule has 0 unspecified atom stereocenters. The van der Waals surface area contributed by atoms with Crippen LogP contribution in [0.1, 0.15) is 0 Å². The molecule has 0 aliphatic rings. The molecular formula is C16H13FN4OS. The summed E-state index contributed by atoms with van der Waals surface area (Å²) in [5.41, 5.74) is 0.854. The van der Waals surface area contributed by atoms with E-state index in [1.165, 1.54) is 28.7 Å². The predicted octanol–water partition coefficient (Wildman–Crippen LogP) is 3.14. The highest BCUT2D eigenvalue weighted by atomic mass is 32.2. The number of aromatic nitrogens is 3. The van der Waals surface area contributed by atoms with Crippen molar-refractivity contribution < 1.29 is 9.18 Å². The summed E-state index contributed by atoms with van der Waals surface area (Å²) in [5.74, 6) is -0.254. The zero-order chi connectivity index (χ0) is 16.1. The Bertz CT molecular complexity index is 807. The summed E-state index contributed by atoms with van der Waals surface area (Å²) in [7, 11) is 0. The first-order valence-electron chi connectivity index (χ1n) is 6.84. The first kappa shape index (κ1) is 15.2. The normalized spacial score (nSPS) is 10.5. The van der Waals surface area contributed by atoms with Gasteiger partial charge < -0.3 is 5.32 Å². The minimum atomic E-state index is -0.373. The predicted molar refractivity (Wildman–Crippen MR) is 87.1 cm³/mol. The second kappa shape index (κ2) is 7.06. The van der Waals surface area contributed by atoms with E-state index in [-0.39, 0.29) is 17.5 Å². The summed E-state index contributed by atoms with van der Waals surface area (Å²) < 4.78 is 15.1. The number of nitrogens with zero attached hydrogens (tertiary/aromatic N) is 3. The number of amides is 1. The SMILES string of the molecule is O=C(CSc1ccncc1)Nc1cnn(-c2ccccc2F)c1. The summed E-state index contributed by atoms with van der Waals surface area (Å²) in [6.45, 7) is 0. The molecular weight excluding hydrogens is 315 g/mol. The topological polar surface area (TPSA) is 59.8 Å². The molecule has 0 bridgehead atoms. The van der Waals surface area contributed by atoms with Gasteiger partial charge in [-0.25, -0.2) is 9.07 Å². The fraction of sp³-hybridized carbons (Fsp3) is 0.0625. The van der Waals surface area contributed by atoms with Crippen molar-refractivity contribution in [1.29, 1.82) is 0 Å². The number of anilines is 1. The van der Waals surface area contributed by atoms with Gasteiger partial charge in [0.2, 0.25) is 5.91 Å². The van der Waals surface area contributed by atoms with Crippen LogP contribution in [-0.4, -0.2) is 26.4 Å². The number of carbonyl (C=O) groups excluding carboxylic acids is 1. The maximum Gasteiger partial charge on any atom is 0.234 e. The van der Waals surface area contributed by atoms with Crippen molar-refractivity contribution in [3.05, 3.63) is 67.0 Å². The Morgan fingerprint density at radius 1 is 1.22 bits per heavy atom. The van der Waals surface area contributed by atoms with Crippen LogP contribution < -0.4 is 5.32 Å². The fourth-order valence-electron chi connectivity index (χ4n) is 1.94. The lowest BCUT2D eigenvalue weighted by Crippen LogP contribution is -2.13. The van der Waals surface area contributed by atoms with Crippen LogP contribution in [0.2, 0.25) is 0 Å². The molecule has 3 rings (SSSR count). The van der Waals surface area contributed by atoms with Gasteiger partial charge in [0, 0.05) is 17.3 Å². The molecule has 1 N–H and O–H groups in total.